The Balaban J connectivity index is 0.000000739. The van der Waals surface area contributed by atoms with Gasteiger partial charge in [-0.15, -0.1) is 6.42 Å². The van der Waals surface area contributed by atoms with Gasteiger partial charge < -0.3 is 20.5 Å². The molecule has 0 atom stereocenters. The van der Waals surface area contributed by atoms with Gasteiger partial charge in [-0.1, -0.05) is 32.8 Å². The molecule has 0 aliphatic carbocycles. The summed E-state index contributed by atoms with van der Waals surface area (Å²) >= 11 is 0. The van der Waals surface area contributed by atoms with Crippen molar-refractivity contribution in [3.05, 3.63) is 69.8 Å². The van der Waals surface area contributed by atoms with Crippen LogP contribution >= 0.6 is 0 Å². The smallest absolute Gasteiger partial charge is 0.258 e. The summed E-state index contributed by atoms with van der Waals surface area (Å²) in [6.45, 7) is 11.8. The van der Waals surface area contributed by atoms with Crippen molar-refractivity contribution in [3.63, 3.8) is 0 Å². The van der Waals surface area contributed by atoms with Crippen molar-refractivity contribution in [2.45, 2.75) is 40.7 Å². The molecule has 0 aliphatic heterocycles. The van der Waals surface area contributed by atoms with E-state index in [0.29, 0.717) is 41.9 Å². The number of nitrogens with one attached hydrogen (secondary N) is 3. The van der Waals surface area contributed by atoms with E-state index in [1.807, 2.05) is 42.2 Å². The zero-order valence-electron chi connectivity index (χ0n) is 20.6. The highest BCUT2D eigenvalue weighted by molar-refractivity contribution is 5.94. The molecule has 1 amide bonds. The summed E-state index contributed by atoms with van der Waals surface area (Å²) in [5, 5.41) is 6.53. The lowest BCUT2D eigenvalue weighted by Crippen LogP contribution is -2.25. The molecule has 3 rings (SSSR count). The molecule has 0 unspecified atom stereocenters. The number of terminal acetylenes is 1. The second kappa shape index (κ2) is 13.8. The van der Waals surface area contributed by atoms with Gasteiger partial charge in [-0.2, -0.15) is 0 Å². The van der Waals surface area contributed by atoms with Crippen LogP contribution in [0.25, 0.3) is 10.9 Å². The van der Waals surface area contributed by atoms with Crippen molar-refractivity contribution in [2.75, 3.05) is 31.1 Å². The van der Waals surface area contributed by atoms with Gasteiger partial charge in [-0.05, 0) is 68.4 Å². The third-order valence-electron chi connectivity index (χ3n) is 5.07. The Kier molecular flexibility index (Phi) is 10.8. The second-order valence-electron chi connectivity index (χ2n) is 7.82. The molecule has 7 heteroatoms. The lowest BCUT2D eigenvalue weighted by molar-refractivity contribution is 0.0953. The first-order chi connectivity index (χ1) is 16.4. The molecule has 3 N–H and O–H groups in total. The number of fused-ring (bicyclic) bond motifs is 1. The predicted octanol–water partition coefficient (Wildman–Crippen LogP) is 3.63. The van der Waals surface area contributed by atoms with E-state index in [2.05, 4.69) is 40.4 Å². The zero-order chi connectivity index (χ0) is 24.9. The highest BCUT2D eigenvalue weighted by Crippen LogP contribution is 2.19. The number of nitrogens with zero attached hydrogens (tertiary/aromatic N) is 2. The van der Waals surface area contributed by atoms with Gasteiger partial charge in [0.15, 0.2) is 0 Å². The summed E-state index contributed by atoms with van der Waals surface area (Å²) in [6, 6.07) is 13.0. The lowest BCUT2D eigenvalue weighted by atomic mass is 10.1. The van der Waals surface area contributed by atoms with Crippen LogP contribution < -0.4 is 21.1 Å². The molecule has 180 valence electrons. The van der Waals surface area contributed by atoms with Crippen molar-refractivity contribution in [1.82, 2.24) is 20.6 Å². The monoisotopic (exact) mass is 461 g/mol. The van der Waals surface area contributed by atoms with Crippen molar-refractivity contribution >= 4 is 22.5 Å². The summed E-state index contributed by atoms with van der Waals surface area (Å²) in [5.74, 6) is 3.18. The second-order valence-corrected chi connectivity index (χ2v) is 7.82. The summed E-state index contributed by atoms with van der Waals surface area (Å²) in [4.78, 5) is 33.4. The standard InChI is InChI=1S/C23H24N4O2.C4H11N/c1-4-12-24-22(28)18-7-9-19(10-8-18)27(13-5-2)15-17-6-11-21-20(14-17)23(29)26-16(3)25-21;1-3-5-4-2/h2,6-11,14H,4,12-13,15H2,1,3H3,(H,24,28)(H,25,26,29);5H,3-4H2,1-2H3. The molecule has 1 aromatic heterocycles. The first-order valence-corrected chi connectivity index (χ1v) is 11.7. The van der Waals surface area contributed by atoms with Crippen LogP contribution in [0.4, 0.5) is 5.69 Å². The average molecular weight is 462 g/mol. The molecule has 0 bridgehead atoms. The minimum absolute atomic E-state index is 0.0848. The Morgan fingerprint density at radius 3 is 2.41 bits per heavy atom. The van der Waals surface area contributed by atoms with Gasteiger partial charge in [0.2, 0.25) is 0 Å². The number of H-pyrrole nitrogens is 1. The summed E-state index contributed by atoms with van der Waals surface area (Å²) in [6.07, 6.45) is 6.46. The number of aryl methyl sites for hydroxylation is 1. The summed E-state index contributed by atoms with van der Waals surface area (Å²) in [5.41, 5.74) is 2.99. The van der Waals surface area contributed by atoms with Gasteiger partial charge in [0.1, 0.15) is 5.82 Å². The van der Waals surface area contributed by atoms with E-state index in [-0.39, 0.29) is 11.5 Å². The fourth-order valence-electron chi connectivity index (χ4n) is 3.38. The molecular weight excluding hydrogens is 426 g/mol. The SMILES string of the molecule is C#CCN(Cc1ccc2nc(C)[nH]c(=O)c2c1)c1ccc(C(=O)NCCC)cc1.CCNCC. The number of carbonyl (C=O) groups excluding carboxylic acids is 1. The molecule has 3 aromatic rings. The molecule has 34 heavy (non-hydrogen) atoms. The Bertz CT molecular complexity index is 1160. The zero-order valence-corrected chi connectivity index (χ0v) is 20.6. The van der Waals surface area contributed by atoms with Crippen LogP contribution in [0.15, 0.2) is 47.3 Å². The van der Waals surface area contributed by atoms with Crippen LogP contribution in [-0.4, -0.2) is 42.1 Å². The number of hydrogen-bond donors (Lipinski definition) is 3. The topological polar surface area (TPSA) is 90.1 Å². The maximum atomic E-state index is 12.2. The molecular formula is C27H35N5O2. The van der Waals surface area contributed by atoms with Crippen LogP contribution in [0.3, 0.4) is 0 Å². The molecule has 1 heterocycles. The third-order valence-corrected chi connectivity index (χ3v) is 5.07. The van der Waals surface area contributed by atoms with Crippen molar-refractivity contribution in [1.29, 1.82) is 0 Å². The van der Waals surface area contributed by atoms with Crippen LogP contribution in [0.5, 0.6) is 0 Å². The minimum atomic E-state index is -0.153. The van der Waals surface area contributed by atoms with Gasteiger partial charge in [-0.25, -0.2) is 4.98 Å². The number of benzene rings is 2. The molecule has 0 aliphatic rings. The Morgan fingerprint density at radius 2 is 1.82 bits per heavy atom. The van der Waals surface area contributed by atoms with Crippen LogP contribution in [0.1, 0.15) is 48.9 Å². The quantitative estimate of drug-likeness (QED) is 0.424. The fraction of sp³-hybridized carbons (Fsp3) is 0.370. The van der Waals surface area contributed by atoms with E-state index in [9.17, 15) is 9.59 Å². The first-order valence-electron chi connectivity index (χ1n) is 11.7. The number of carbonyl (C=O) groups is 1. The van der Waals surface area contributed by atoms with Gasteiger partial charge in [0.05, 0.1) is 17.4 Å². The van der Waals surface area contributed by atoms with Crippen molar-refractivity contribution in [3.8, 4) is 12.3 Å². The molecule has 7 nitrogen and oxygen atoms in total. The molecule has 0 radical (unpaired) electrons. The van der Waals surface area contributed by atoms with Crippen LogP contribution in [-0.2, 0) is 6.54 Å². The number of aromatic nitrogens is 2. The maximum absolute atomic E-state index is 12.2. The van der Waals surface area contributed by atoms with E-state index < -0.39 is 0 Å². The van der Waals surface area contributed by atoms with E-state index in [1.54, 1.807) is 19.1 Å². The Labute approximate surface area is 202 Å². The average Bonchev–Trinajstić information content (AvgIpc) is 2.83. The molecule has 0 saturated carbocycles. The summed E-state index contributed by atoms with van der Waals surface area (Å²) in [7, 11) is 0. The predicted molar refractivity (Wildman–Crippen MR) is 140 cm³/mol. The Morgan fingerprint density at radius 1 is 1.12 bits per heavy atom. The largest absolute Gasteiger partial charge is 0.356 e. The van der Waals surface area contributed by atoms with Crippen molar-refractivity contribution < 1.29 is 4.79 Å². The molecule has 0 fully saturated rings. The van der Waals surface area contributed by atoms with Crippen molar-refractivity contribution in [2.24, 2.45) is 0 Å². The summed E-state index contributed by atoms with van der Waals surface area (Å²) < 4.78 is 0. The van der Waals surface area contributed by atoms with Crippen LogP contribution in [0.2, 0.25) is 0 Å². The molecule has 0 saturated heterocycles. The van der Waals surface area contributed by atoms with E-state index >= 15 is 0 Å². The van der Waals surface area contributed by atoms with E-state index in [0.717, 1.165) is 30.8 Å². The highest BCUT2D eigenvalue weighted by Gasteiger charge is 2.11. The van der Waals surface area contributed by atoms with E-state index in [1.165, 1.54) is 0 Å². The number of rotatable bonds is 9. The third kappa shape index (κ3) is 7.75. The molecule has 2 aromatic carbocycles. The minimum Gasteiger partial charge on any atom is -0.356 e. The Hall–Kier alpha value is -3.63. The maximum Gasteiger partial charge on any atom is 0.258 e. The number of aromatic amines is 1. The lowest BCUT2D eigenvalue weighted by Gasteiger charge is -2.23. The highest BCUT2D eigenvalue weighted by atomic mass is 16.1. The first kappa shape index (κ1) is 26.6. The number of hydrogen-bond acceptors (Lipinski definition) is 5. The molecule has 0 spiro atoms. The van der Waals surface area contributed by atoms with E-state index in [4.69, 9.17) is 6.42 Å². The van der Waals surface area contributed by atoms with Crippen LogP contribution in [0, 0.1) is 19.3 Å². The van der Waals surface area contributed by atoms with Gasteiger partial charge in [-0.3, -0.25) is 9.59 Å². The van der Waals surface area contributed by atoms with Gasteiger partial charge in [0, 0.05) is 24.3 Å². The normalized spacial score (nSPS) is 10.2. The number of amides is 1. The van der Waals surface area contributed by atoms with Gasteiger partial charge >= 0.3 is 0 Å². The van der Waals surface area contributed by atoms with Gasteiger partial charge in [0.25, 0.3) is 11.5 Å². The number of anilines is 1. The fourth-order valence-corrected chi connectivity index (χ4v) is 3.38.